The Balaban J connectivity index is 2.05. The van der Waals surface area contributed by atoms with Crippen molar-refractivity contribution in [3.05, 3.63) is 23.9 Å². The molecule has 0 atom stereocenters. The number of nitrogens with zero attached hydrogens (tertiary/aromatic N) is 4. The number of tetrazole rings is 1. The SMILES string of the molecule is c1cc(C2CCOCC2)n2nnnc2c1. The summed E-state index contributed by atoms with van der Waals surface area (Å²) in [7, 11) is 0. The van der Waals surface area contributed by atoms with Gasteiger partial charge in [0, 0.05) is 24.8 Å². The fourth-order valence-electron chi connectivity index (χ4n) is 2.09. The normalized spacial score (nSPS) is 18.4. The lowest BCUT2D eigenvalue weighted by atomic mass is 9.96. The van der Waals surface area contributed by atoms with E-state index in [0.717, 1.165) is 31.7 Å². The largest absolute Gasteiger partial charge is 0.381 e. The van der Waals surface area contributed by atoms with Crippen molar-refractivity contribution in [1.29, 1.82) is 0 Å². The van der Waals surface area contributed by atoms with Crippen LogP contribution in [0.1, 0.15) is 24.5 Å². The average Bonchev–Trinajstić information content (AvgIpc) is 2.78. The molecule has 2 aromatic rings. The van der Waals surface area contributed by atoms with Gasteiger partial charge in [-0.15, -0.1) is 5.10 Å². The summed E-state index contributed by atoms with van der Waals surface area (Å²) in [4.78, 5) is 0. The van der Waals surface area contributed by atoms with E-state index in [-0.39, 0.29) is 0 Å². The molecular weight excluding hydrogens is 192 g/mol. The lowest BCUT2D eigenvalue weighted by Gasteiger charge is -2.22. The van der Waals surface area contributed by atoms with E-state index in [9.17, 15) is 0 Å². The van der Waals surface area contributed by atoms with Crippen molar-refractivity contribution in [2.45, 2.75) is 18.8 Å². The van der Waals surface area contributed by atoms with Gasteiger partial charge >= 0.3 is 0 Å². The summed E-state index contributed by atoms with van der Waals surface area (Å²) in [6.45, 7) is 1.67. The second-order valence-electron chi connectivity index (χ2n) is 3.79. The van der Waals surface area contributed by atoms with E-state index in [1.54, 1.807) is 0 Å². The van der Waals surface area contributed by atoms with Crippen molar-refractivity contribution >= 4 is 5.65 Å². The Morgan fingerprint density at radius 3 is 3.00 bits per heavy atom. The second kappa shape index (κ2) is 3.58. The van der Waals surface area contributed by atoms with Crippen molar-refractivity contribution < 1.29 is 4.74 Å². The van der Waals surface area contributed by atoms with Crippen LogP contribution < -0.4 is 0 Å². The standard InChI is InChI=1S/C10H12N4O/c1-2-9(8-4-6-15-7-5-8)14-10(3-1)11-12-13-14/h1-3,8H,4-7H2. The van der Waals surface area contributed by atoms with Gasteiger partial charge < -0.3 is 4.74 Å². The maximum absolute atomic E-state index is 5.35. The molecule has 1 aliphatic heterocycles. The minimum Gasteiger partial charge on any atom is -0.381 e. The summed E-state index contributed by atoms with van der Waals surface area (Å²) in [5.74, 6) is 0.519. The third-order valence-corrected chi connectivity index (χ3v) is 2.89. The van der Waals surface area contributed by atoms with E-state index < -0.39 is 0 Å². The Hall–Kier alpha value is -1.49. The summed E-state index contributed by atoms with van der Waals surface area (Å²) in [6.07, 6.45) is 2.11. The van der Waals surface area contributed by atoms with Crippen LogP contribution in [0, 0.1) is 0 Å². The molecule has 1 saturated heterocycles. The van der Waals surface area contributed by atoms with Crippen molar-refractivity contribution in [3.8, 4) is 0 Å². The lowest BCUT2D eigenvalue weighted by Crippen LogP contribution is -2.16. The molecule has 5 heteroatoms. The molecule has 1 aliphatic rings. The Labute approximate surface area is 87.0 Å². The zero-order chi connectivity index (χ0) is 10.1. The van der Waals surface area contributed by atoms with Gasteiger partial charge in [0.2, 0.25) is 0 Å². The van der Waals surface area contributed by atoms with E-state index in [2.05, 4.69) is 21.6 Å². The molecule has 2 aromatic heterocycles. The lowest BCUT2D eigenvalue weighted by molar-refractivity contribution is 0.0840. The monoisotopic (exact) mass is 204 g/mol. The fourth-order valence-corrected chi connectivity index (χ4v) is 2.09. The van der Waals surface area contributed by atoms with Crippen LogP contribution in [0.15, 0.2) is 18.2 Å². The molecule has 0 unspecified atom stereocenters. The van der Waals surface area contributed by atoms with Gasteiger partial charge in [-0.1, -0.05) is 6.07 Å². The summed E-state index contributed by atoms with van der Waals surface area (Å²) in [5, 5.41) is 11.6. The van der Waals surface area contributed by atoms with Gasteiger partial charge in [0.15, 0.2) is 5.65 Å². The zero-order valence-corrected chi connectivity index (χ0v) is 8.33. The molecule has 0 bridgehead atoms. The van der Waals surface area contributed by atoms with E-state index in [1.165, 1.54) is 5.69 Å². The van der Waals surface area contributed by atoms with Gasteiger partial charge in [-0.25, -0.2) is 0 Å². The van der Waals surface area contributed by atoms with Crippen LogP contribution in [0.4, 0.5) is 0 Å². The summed E-state index contributed by atoms with van der Waals surface area (Å²) < 4.78 is 7.18. The molecule has 0 N–H and O–H groups in total. The van der Waals surface area contributed by atoms with Crippen molar-refractivity contribution in [3.63, 3.8) is 0 Å². The highest BCUT2D eigenvalue weighted by atomic mass is 16.5. The van der Waals surface area contributed by atoms with Crippen LogP contribution in [-0.4, -0.2) is 33.3 Å². The highest BCUT2D eigenvalue weighted by molar-refractivity contribution is 5.37. The van der Waals surface area contributed by atoms with Gasteiger partial charge in [-0.05, 0) is 35.4 Å². The fraction of sp³-hybridized carbons (Fsp3) is 0.500. The average molecular weight is 204 g/mol. The smallest absolute Gasteiger partial charge is 0.179 e. The minimum atomic E-state index is 0.519. The number of pyridine rings is 1. The van der Waals surface area contributed by atoms with Crippen molar-refractivity contribution in [2.24, 2.45) is 0 Å². The Morgan fingerprint density at radius 1 is 1.27 bits per heavy atom. The first-order valence-electron chi connectivity index (χ1n) is 5.20. The van der Waals surface area contributed by atoms with Gasteiger partial charge in [0.05, 0.1) is 0 Å². The third kappa shape index (κ3) is 1.48. The molecule has 78 valence electrons. The maximum atomic E-state index is 5.35. The van der Waals surface area contributed by atoms with E-state index in [0.29, 0.717) is 5.92 Å². The molecule has 15 heavy (non-hydrogen) atoms. The number of hydrogen-bond donors (Lipinski definition) is 0. The van der Waals surface area contributed by atoms with E-state index in [4.69, 9.17) is 4.74 Å². The number of ether oxygens (including phenoxy) is 1. The highest BCUT2D eigenvalue weighted by Crippen LogP contribution is 2.26. The molecule has 0 saturated carbocycles. The van der Waals surface area contributed by atoms with E-state index in [1.807, 2.05) is 16.6 Å². The van der Waals surface area contributed by atoms with Crippen molar-refractivity contribution in [2.75, 3.05) is 13.2 Å². The van der Waals surface area contributed by atoms with Crippen LogP contribution in [0.5, 0.6) is 0 Å². The minimum absolute atomic E-state index is 0.519. The summed E-state index contributed by atoms with van der Waals surface area (Å²) in [5.41, 5.74) is 2.01. The molecule has 1 fully saturated rings. The molecule has 3 rings (SSSR count). The molecule has 0 spiro atoms. The predicted molar refractivity (Wildman–Crippen MR) is 53.6 cm³/mol. The third-order valence-electron chi connectivity index (χ3n) is 2.89. The van der Waals surface area contributed by atoms with Crippen LogP contribution >= 0.6 is 0 Å². The molecule has 0 amide bonds. The number of rotatable bonds is 1. The number of hydrogen-bond acceptors (Lipinski definition) is 4. The Kier molecular flexibility index (Phi) is 2.10. The number of aromatic nitrogens is 4. The van der Waals surface area contributed by atoms with Gasteiger partial charge in [0.25, 0.3) is 0 Å². The number of fused-ring (bicyclic) bond motifs is 1. The molecule has 0 radical (unpaired) electrons. The summed E-state index contributed by atoms with van der Waals surface area (Å²) in [6, 6.07) is 6.03. The molecular formula is C10H12N4O. The maximum Gasteiger partial charge on any atom is 0.179 e. The van der Waals surface area contributed by atoms with Crippen LogP contribution in [0.2, 0.25) is 0 Å². The summed E-state index contributed by atoms with van der Waals surface area (Å²) >= 11 is 0. The first-order valence-corrected chi connectivity index (χ1v) is 5.20. The quantitative estimate of drug-likeness (QED) is 0.696. The first-order chi connectivity index (χ1) is 7.45. The van der Waals surface area contributed by atoms with Gasteiger partial charge in [0.1, 0.15) is 0 Å². The van der Waals surface area contributed by atoms with E-state index >= 15 is 0 Å². The second-order valence-corrected chi connectivity index (χ2v) is 3.79. The molecule has 3 heterocycles. The Morgan fingerprint density at radius 2 is 2.13 bits per heavy atom. The topological polar surface area (TPSA) is 52.3 Å². The van der Waals surface area contributed by atoms with Crippen LogP contribution in [0.25, 0.3) is 5.65 Å². The molecule has 0 aromatic carbocycles. The predicted octanol–water partition coefficient (Wildman–Crippen LogP) is 1.02. The van der Waals surface area contributed by atoms with Crippen molar-refractivity contribution in [1.82, 2.24) is 20.0 Å². The molecule has 5 nitrogen and oxygen atoms in total. The van der Waals surface area contributed by atoms with Crippen LogP contribution in [-0.2, 0) is 4.74 Å². The molecule has 0 aliphatic carbocycles. The highest BCUT2D eigenvalue weighted by Gasteiger charge is 2.18. The Bertz CT molecular complexity index is 461. The zero-order valence-electron chi connectivity index (χ0n) is 8.33. The van der Waals surface area contributed by atoms with Crippen LogP contribution in [0.3, 0.4) is 0 Å². The first kappa shape index (κ1) is 8.79. The van der Waals surface area contributed by atoms with Gasteiger partial charge in [-0.2, -0.15) is 4.52 Å². The van der Waals surface area contributed by atoms with Gasteiger partial charge in [-0.3, -0.25) is 0 Å².